The molecule has 1 unspecified atom stereocenters. The minimum Gasteiger partial charge on any atom is -0.378 e. The van der Waals surface area contributed by atoms with Gasteiger partial charge < -0.3 is 10.6 Å². The molecule has 0 amide bonds. The van der Waals surface area contributed by atoms with Crippen LogP contribution < -0.4 is 10.6 Å². The van der Waals surface area contributed by atoms with E-state index in [1.807, 2.05) is 0 Å². The van der Waals surface area contributed by atoms with Gasteiger partial charge >= 0.3 is 0 Å². The highest BCUT2D eigenvalue weighted by Gasteiger charge is 2.25. The maximum absolute atomic E-state index is 6.01. The quantitative estimate of drug-likeness (QED) is 0.917. The van der Waals surface area contributed by atoms with Crippen molar-refractivity contribution in [1.29, 1.82) is 0 Å². The number of nitrogens with zero attached hydrogens (tertiary/aromatic N) is 2. The zero-order valence-corrected chi connectivity index (χ0v) is 13.3. The fourth-order valence-corrected chi connectivity index (χ4v) is 3.11. The van der Waals surface area contributed by atoms with Crippen LogP contribution in [0.5, 0.6) is 0 Å². The topological polar surface area (TPSA) is 32.5 Å². The summed E-state index contributed by atoms with van der Waals surface area (Å²) in [5.74, 6) is 0. The van der Waals surface area contributed by atoms with Crippen molar-refractivity contribution in [1.82, 2.24) is 4.90 Å². The first kappa shape index (κ1) is 15.3. The molecule has 1 atom stereocenters. The molecule has 2 N–H and O–H groups in total. The van der Waals surface area contributed by atoms with Crippen LogP contribution in [0, 0.1) is 0 Å². The lowest BCUT2D eigenvalue weighted by molar-refractivity contribution is 0.140. The number of rotatable bonds is 4. The highest BCUT2D eigenvalue weighted by molar-refractivity contribution is 5.46. The maximum atomic E-state index is 6.01. The SMILES string of the molecule is CC(c1ccc(N(C)C)cc1)N(C)C1CCC(N)CC1. The van der Waals surface area contributed by atoms with Gasteiger partial charge in [0.2, 0.25) is 0 Å². The molecule has 0 radical (unpaired) electrons. The lowest BCUT2D eigenvalue weighted by Crippen LogP contribution is -2.39. The fraction of sp³-hybridized carbons (Fsp3) is 0.647. The van der Waals surface area contributed by atoms with E-state index in [4.69, 9.17) is 5.73 Å². The second-order valence-electron chi connectivity index (χ2n) is 6.40. The normalized spacial score (nSPS) is 24.7. The Hall–Kier alpha value is -1.06. The lowest BCUT2D eigenvalue weighted by atomic mass is 9.90. The molecule has 112 valence electrons. The Morgan fingerprint density at radius 1 is 1.00 bits per heavy atom. The van der Waals surface area contributed by atoms with Crippen molar-refractivity contribution in [2.75, 3.05) is 26.0 Å². The lowest BCUT2D eigenvalue weighted by Gasteiger charge is -2.37. The molecule has 20 heavy (non-hydrogen) atoms. The highest BCUT2D eigenvalue weighted by atomic mass is 15.2. The van der Waals surface area contributed by atoms with Crippen molar-refractivity contribution in [3.05, 3.63) is 29.8 Å². The molecule has 0 heterocycles. The number of anilines is 1. The molecular formula is C17H29N3. The van der Waals surface area contributed by atoms with Gasteiger partial charge in [-0.1, -0.05) is 12.1 Å². The standard InChI is InChI=1S/C17H29N3/c1-13(14-5-9-16(10-6-14)19(2)3)20(4)17-11-7-15(18)8-12-17/h5-6,9-10,13,15,17H,7-8,11-12,18H2,1-4H3. The fourth-order valence-electron chi connectivity index (χ4n) is 3.11. The molecule has 3 nitrogen and oxygen atoms in total. The van der Waals surface area contributed by atoms with Crippen molar-refractivity contribution >= 4 is 5.69 Å². The van der Waals surface area contributed by atoms with E-state index >= 15 is 0 Å². The predicted octanol–water partition coefficient (Wildman–Crippen LogP) is 3.02. The van der Waals surface area contributed by atoms with Gasteiger partial charge in [0.05, 0.1) is 0 Å². The molecule has 1 saturated carbocycles. The van der Waals surface area contributed by atoms with E-state index in [9.17, 15) is 0 Å². The van der Waals surface area contributed by atoms with Crippen molar-refractivity contribution in [3.63, 3.8) is 0 Å². The van der Waals surface area contributed by atoms with E-state index in [2.05, 4.69) is 62.1 Å². The van der Waals surface area contributed by atoms with Gasteiger partial charge in [-0.25, -0.2) is 0 Å². The first-order valence-corrected chi connectivity index (χ1v) is 7.74. The van der Waals surface area contributed by atoms with Gasteiger partial charge in [-0.05, 0) is 57.4 Å². The van der Waals surface area contributed by atoms with Crippen LogP contribution in [-0.4, -0.2) is 38.1 Å². The Bertz CT molecular complexity index is 405. The molecule has 1 aliphatic rings. The summed E-state index contributed by atoms with van der Waals surface area (Å²) >= 11 is 0. The van der Waals surface area contributed by atoms with Gasteiger partial charge in [0.25, 0.3) is 0 Å². The Morgan fingerprint density at radius 3 is 2.05 bits per heavy atom. The average Bonchev–Trinajstić information content (AvgIpc) is 2.46. The third-order valence-electron chi connectivity index (χ3n) is 4.82. The van der Waals surface area contributed by atoms with Crippen molar-refractivity contribution < 1.29 is 0 Å². The van der Waals surface area contributed by atoms with Gasteiger partial charge in [0.1, 0.15) is 0 Å². The molecule has 1 aromatic carbocycles. The van der Waals surface area contributed by atoms with E-state index in [1.165, 1.54) is 36.9 Å². The summed E-state index contributed by atoms with van der Waals surface area (Å²) in [5.41, 5.74) is 8.66. The first-order chi connectivity index (χ1) is 9.49. The summed E-state index contributed by atoms with van der Waals surface area (Å²) in [7, 11) is 6.41. The predicted molar refractivity (Wildman–Crippen MR) is 87.2 cm³/mol. The van der Waals surface area contributed by atoms with E-state index in [-0.39, 0.29) is 0 Å². The van der Waals surface area contributed by atoms with Crippen LogP contribution in [0.2, 0.25) is 0 Å². The molecule has 3 heteroatoms. The summed E-state index contributed by atoms with van der Waals surface area (Å²) in [6.07, 6.45) is 4.80. The van der Waals surface area contributed by atoms with Gasteiger partial charge in [-0.15, -0.1) is 0 Å². The Morgan fingerprint density at radius 2 is 1.55 bits per heavy atom. The largest absolute Gasteiger partial charge is 0.378 e. The Kier molecular flexibility index (Phi) is 5.06. The third-order valence-corrected chi connectivity index (χ3v) is 4.82. The number of benzene rings is 1. The summed E-state index contributed by atoms with van der Waals surface area (Å²) in [6, 6.07) is 10.5. The van der Waals surface area contributed by atoms with Gasteiger partial charge in [0.15, 0.2) is 0 Å². The molecule has 1 fully saturated rings. The smallest absolute Gasteiger partial charge is 0.0361 e. The molecule has 0 aromatic heterocycles. The van der Waals surface area contributed by atoms with Crippen LogP contribution >= 0.6 is 0 Å². The molecule has 0 aliphatic heterocycles. The van der Waals surface area contributed by atoms with Gasteiger partial charge in [-0.3, -0.25) is 4.90 Å². The highest BCUT2D eigenvalue weighted by Crippen LogP contribution is 2.29. The molecular weight excluding hydrogens is 246 g/mol. The van der Waals surface area contributed by atoms with Crippen LogP contribution in [0.3, 0.4) is 0 Å². The zero-order valence-electron chi connectivity index (χ0n) is 13.3. The zero-order chi connectivity index (χ0) is 14.7. The molecule has 0 bridgehead atoms. The average molecular weight is 275 g/mol. The molecule has 1 aliphatic carbocycles. The van der Waals surface area contributed by atoms with E-state index < -0.39 is 0 Å². The third kappa shape index (κ3) is 3.53. The first-order valence-electron chi connectivity index (χ1n) is 7.74. The Labute approximate surface area is 123 Å². The number of hydrogen-bond acceptors (Lipinski definition) is 3. The van der Waals surface area contributed by atoms with Crippen LogP contribution in [0.15, 0.2) is 24.3 Å². The summed E-state index contributed by atoms with van der Waals surface area (Å²) in [6.45, 7) is 2.30. The summed E-state index contributed by atoms with van der Waals surface area (Å²) in [5, 5.41) is 0. The van der Waals surface area contributed by atoms with E-state index in [1.54, 1.807) is 0 Å². The van der Waals surface area contributed by atoms with Gasteiger partial charge in [-0.2, -0.15) is 0 Å². The summed E-state index contributed by atoms with van der Waals surface area (Å²) in [4.78, 5) is 4.66. The minimum atomic E-state index is 0.425. The van der Waals surface area contributed by atoms with Crippen LogP contribution in [0.1, 0.15) is 44.2 Å². The summed E-state index contributed by atoms with van der Waals surface area (Å²) < 4.78 is 0. The minimum absolute atomic E-state index is 0.425. The molecule has 2 rings (SSSR count). The maximum Gasteiger partial charge on any atom is 0.0361 e. The van der Waals surface area contributed by atoms with Crippen molar-refractivity contribution in [2.24, 2.45) is 5.73 Å². The number of nitrogens with two attached hydrogens (primary N) is 1. The second kappa shape index (κ2) is 6.59. The molecule has 0 saturated heterocycles. The molecule has 1 aromatic rings. The molecule has 0 spiro atoms. The number of hydrogen-bond donors (Lipinski definition) is 1. The second-order valence-corrected chi connectivity index (χ2v) is 6.40. The monoisotopic (exact) mass is 275 g/mol. The van der Waals surface area contributed by atoms with E-state index in [0.717, 1.165) is 0 Å². The van der Waals surface area contributed by atoms with Crippen molar-refractivity contribution in [2.45, 2.75) is 50.7 Å². The van der Waals surface area contributed by atoms with E-state index in [0.29, 0.717) is 18.1 Å². The van der Waals surface area contributed by atoms with Crippen LogP contribution in [-0.2, 0) is 0 Å². The van der Waals surface area contributed by atoms with Crippen LogP contribution in [0.25, 0.3) is 0 Å². The van der Waals surface area contributed by atoms with Crippen molar-refractivity contribution in [3.8, 4) is 0 Å². The van der Waals surface area contributed by atoms with Gasteiger partial charge in [0, 0.05) is 37.9 Å². The Balaban J connectivity index is 2.00. The van der Waals surface area contributed by atoms with Crippen LogP contribution in [0.4, 0.5) is 5.69 Å².